The van der Waals surface area contributed by atoms with Crippen LogP contribution in [0.4, 0.5) is 10.1 Å². The highest BCUT2D eigenvalue weighted by Crippen LogP contribution is 2.26. The minimum Gasteiger partial charge on any atom is -0.385 e. The van der Waals surface area contributed by atoms with E-state index in [1.54, 1.807) is 6.92 Å². The molecular weight excluding hydrogens is 227 g/mol. The Morgan fingerprint density at radius 1 is 1.22 bits per heavy atom. The number of hydrogen-bond donors (Lipinski definition) is 1. The van der Waals surface area contributed by atoms with Crippen molar-refractivity contribution in [2.45, 2.75) is 33.6 Å². The number of benzene rings is 1. The van der Waals surface area contributed by atoms with E-state index in [0.717, 1.165) is 41.7 Å². The van der Waals surface area contributed by atoms with Crippen LogP contribution in [0.15, 0.2) is 18.2 Å². The Morgan fingerprint density at radius 2 is 2.00 bits per heavy atom. The standard InChI is InChI=1S/C15H19FN2/c1-4-6-11-8-14(17-5-2)12-7-10(3)13(16)9-15(12)18-11/h7-9H,4-6H2,1-3H3,(H,17,18). The molecule has 0 unspecified atom stereocenters. The summed E-state index contributed by atoms with van der Waals surface area (Å²) in [5, 5.41) is 4.33. The number of nitrogens with one attached hydrogen (secondary N) is 1. The second-order valence-corrected chi connectivity index (χ2v) is 4.56. The third-order valence-corrected chi connectivity index (χ3v) is 3.02. The lowest BCUT2D eigenvalue weighted by molar-refractivity contribution is 0.620. The normalized spacial score (nSPS) is 10.9. The molecule has 1 aromatic heterocycles. The summed E-state index contributed by atoms with van der Waals surface area (Å²) in [6.07, 6.45) is 1.96. The number of halogens is 1. The molecule has 0 aliphatic rings. The number of aromatic nitrogens is 1. The number of fused-ring (bicyclic) bond motifs is 1. The maximum atomic E-state index is 13.6. The molecule has 0 amide bonds. The van der Waals surface area contributed by atoms with Crippen LogP contribution < -0.4 is 5.32 Å². The maximum absolute atomic E-state index is 13.6. The highest BCUT2D eigenvalue weighted by Gasteiger charge is 2.08. The molecule has 0 aliphatic carbocycles. The van der Waals surface area contributed by atoms with E-state index < -0.39 is 0 Å². The van der Waals surface area contributed by atoms with Crippen molar-refractivity contribution in [1.82, 2.24) is 4.98 Å². The molecule has 1 N–H and O–H groups in total. The van der Waals surface area contributed by atoms with E-state index in [4.69, 9.17) is 0 Å². The van der Waals surface area contributed by atoms with Crippen LogP contribution in [0.3, 0.4) is 0 Å². The fraction of sp³-hybridized carbons (Fsp3) is 0.400. The topological polar surface area (TPSA) is 24.9 Å². The molecule has 0 saturated heterocycles. The van der Waals surface area contributed by atoms with Gasteiger partial charge >= 0.3 is 0 Å². The maximum Gasteiger partial charge on any atom is 0.128 e. The lowest BCUT2D eigenvalue weighted by Crippen LogP contribution is -2.01. The molecule has 2 aromatic rings. The SMILES string of the molecule is CCCc1cc(NCC)c2cc(C)c(F)cc2n1. The molecule has 0 saturated carbocycles. The van der Waals surface area contributed by atoms with Crippen molar-refractivity contribution in [1.29, 1.82) is 0 Å². The second kappa shape index (κ2) is 5.34. The molecule has 1 heterocycles. The van der Waals surface area contributed by atoms with Crippen LogP contribution in [0.5, 0.6) is 0 Å². The first-order chi connectivity index (χ1) is 8.65. The fourth-order valence-corrected chi connectivity index (χ4v) is 2.13. The van der Waals surface area contributed by atoms with Gasteiger partial charge in [-0.15, -0.1) is 0 Å². The Balaban J connectivity index is 2.64. The Hall–Kier alpha value is -1.64. The third kappa shape index (κ3) is 2.45. The lowest BCUT2D eigenvalue weighted by Gasteiger charge is -2.11. The van der Waals surface area contributed by atoms with Gasteiger partial charge in [-0.1, -0.05) is 13.3 Å². The quantitative estimate of drug-likeness (QED) is 0.879. The summed E-state index contributed by atoms with van der Waals surface area (Å²) in [7, 11) is 0. The zero-order valence-electron chi connectivity index (χ0n) is 11.2. The van der Waals surface area contributed by atoms with Gasteiger partial charge in [0.05, 0.1) is 5.52 Å². The van der Waals surface area contributed by atoms with E-state index in [0.29, 0.717) is 5.56 Å². The van der Waals surface area contributed by atoms with Gasteiger partial charge in [0, 0.05) is 29.4 Å². The Labute approximate surface area is 107 Å². The van der Waals surface area contributed by atoms with E-state index in [9.17, 15) is 4.39 Å². The van der Waals surface area contributed by atoms with Gasteiger partial charge in [-0.25, -0.2) is 4.39 Å². The summed E-state index contributed by atoms with van der Waals surface area (Å²) in [5.74, 6) is -0.189. The van der Waals surface area contributed by atoms with Crippen LogP contribution in [0.25, 0.3) is 10.9 Å². The predicted octanol–water partition coefficient (Wildman–Crippen LogP) is 4.07. The summed E-state index contributed by atoms with van der Waals surface area (Å²) in [4.78, 5) is 4.53. The summed E-state index contributed by atoms with van der Waals surface area (Å²) in [5.41, 5.74) is 3.46. The van der Waals surface area contributed by atoms with E-state index in [1.165, 1.54) is 6.07 Å². The van der Waals surface area contributed by atoms with Crippen molar-refractivity contribution < 1.29 is 4.39 Å². The first-order valence-electron chi connectivity index (χ1n) is 6.49. The molecule has 0 bridgehead atoms. The Bertz CT molecular complexity index is 564. The van der Waals surface area contributed by atoms with Crippen molar-refractivity contribution in [3.63, 3.8) is 0 Å². The number of aryl methyl sites for hydroxylation is 2. The zero-order chi connectivity index (χ0) is 13.1. The van der Waals surface area contributed by atoms with Gasteiger partial charge in [-0.2, -0.15) is 0 Å². The highest BCUT2D eigenvalue weighted by atomic mass is 19.1. The molecule has 0 radical (unpaired) electrons. The fourth-order valence-electron chi connectivity index (χ4n) is 2.13. The number of pyridine rings is 1. The van der Waals surface area contributed by atoms with Crippen LogP contribution in [0.1, 0.15) is 31.5 Å². The second-order valence-electron chi connectivity index (χ2n) is 4.56. The van der Waals surface area contributed by atoms with Gasteiger partial charge in [0.25, 0.3) is 0 Å². The van der Waals surface area contributed by atoms with Crippen LogP contribution in [-0.4, -0.2) is 11.5 Å². The van der Waals surface area contributed by atoms with E-state index in [-0.39, 0.29) is 5.82 Å². The van der Waals surface area contributed by atoms with Crippen LogP contribution in [0.2, 0.25) is 0 Å². The van der Waals surface area contributed by atoms with Crippen molar-refractivity contribution in [2.24, 2.45) is 0 Å². The number of rotatable bonds is 4. The molecule has 18 heavy (non-hydrogen) atoms. The molecule has 0 spiro atoms. The van der Waals surface area contributed by atoms with Crippen molar-refractivity contribution >= 4 is 16.6 Å². The van der Waals surface area contributed by atoms with Gasteiger partial charge in [0.15, 0.2) is 0 Å². The molecule has 1 aromatic carbocycles. The summed E-state index contributed by atoms with van der Waals surface area (Å²) >= 11 is 0. The van der Waals surface area contributed by atoms with Gasteiger partial charge in [0.2, 0.25) is 0 Å². The Morgan fingerprint density at radius 3 is 2.67 bits per heavy atom. The molecule has 0 aliphatic heterocycles. The molecular formula is C15H19FN2. The highest BCUT2D eigenvalue weighted by molar-refractivity contribution is 5.92. The molecule has 3 heteroatoms. The first kappa shape index (κ1) is 12.8. The van der Waals surface area contributed by atoms with Crippen molar-refractivity contribution in [3.05, 3.63) is 35.3 Å². The molecule has 0 atom stereocenters. The molecule has 2 rings (SSSR count). The molecule has 0 fully saturated rings. The monoisotopic (exact) mass is 246 g/mol. The van der Waals surface area contributed by atoms with Gasteiger partial charge in [-0.3, -0.25) is 4.98 Å². The third-order valence-electron chi connectivity index (χ3n) is 3.02. The van der Waals surface area contributed by atoms with Crippen LogP contribution in [-0.2, 0) is 6.42 Å². The van der Waals surface area contributed by atoms with Crippen molar-refractivity contribution in [2.75, 3.05) is 11.9 Å². The van der Waals surface area contributed by atoms with Crippen LogP contribution in [0, 0.1) is 12.7 Å². The van der Waals surface area contributed by atoms with Crippen LogP contribution >= 0.6 is 0 Å². The average molecular weight is 246 g/mol. The van der Waals surface area contributed by atoms with Gasteiger partial charge in [-0.05, 0) is 38.0 Å². The number of hydrogen-bond acceptors (Lipinski definition) is 2. The molecule has 2 nitrogen and oxygen atoms in total. The first-order valence-corrected chi connectivity index (χ1v) is 6.49. The van der Waals surface area contributed by atoms with E-state index in [1.807, 2.05) is 6.07 Å². The number of anilines is 1. The minimum absolute atomic E-state index is 0.189. The Kier molecular flexibility index (Phi) is 3.80. The summed E-state index contributed by atoms with van der Waals surface area (Å²) in [6, 6.07) is 5.47. The van der Waals surface area contributed by atoms with Crippen molar-refractivity contribution in [3.8, 4) is 0 Å². The predicted molar refractivity (Wildman–Crippen MR) is 74.6 cm³/mol. The average Bonchev–Trinajstić information content (AvgIpc) is 2.32. The van der Waals surface area contributed by atoms with E-state index in [2.05, 4.69) is 30.2 Å². The lowest BCUT2D eigenvalue weighted by atomic mass is 10.1. The van der Waals surface area contributed by atoms with Gasteiger partial charge in [0.1, 0.15) is 5.82 Å². The zero-order valence-corrected chi connectivity index (χ0v) is 11.2. The molecule has 96 valence electrons. The summed E-state index contributed by atoms with van der Waals surface area (Å²) < 4.78 is 13.6. The van der Waals surface area contributed by atoms with Gasteiger partial charge < -0.3 is 5.32 Å². The smallest absolute Gasteiger partial charge is 0.128 e. The van der Waals surface area contributed by atoms with E-state index >= 15 is 0 Å². The number of nitrogens with zero attached hydrogens (tertiary/aromatic N) is 1. The minimum atomic E-state index is -0.189. The largest absolute Gasteiger partial charge is 0.385 e. The summed E-state index contributed by atoms with van der Waals surface area (Å²) in [6.45, 7) is 6.81.